The van der Waals surface area contributed by atoms with Crippen molar-refractivity contribution in [3.05, 3.63) is 27.2 Å². The molecule has 0 unspecified atom stereocenters. The minimum atomic E-state index is -3.70. The maximum atomic E-state index is 11.7. The summed E-state index contributed by atoms with van der Waals surface area (Å²) in [4.78, 5) is 0. The number of halogens is 3. The molecule has 7 heteroatoms. The highest BCUT2D eigenvalue weighted by Crippen LogP contribution is 2.36. The lowest BCUT2D eigenvalue weighted by molar-refractivity contribution is 0.477. The number of hydrogen-bond donors (Lipinski definition) is 0. The van der Waals surface area contributed by atoms with Crippen LogP contribution in [0.3, 0.4) is 0 Å². The van der Waals surface area contributed by atoms with Crippen molar-refractivity contribution in [2.75, 3.05) is 5.75 Å². The molecule has 0 aromatic heterocycles. The Bertz CT molecular complexity index is 503. The van der Waals surface area contributed by atoms with Gasteiger partial charge in [-0.05, 0) is 24.5 Å². The molecule has 0 aliphatic heterocycles. The van der Waals surface area contributed by atoms with Crippen LogP contribution in [0.1, 0.15) is 20.3 Å². The van der Waals surface area contributed by atoms with E-state index in [4.69, 9.17) is 39.0 Å². The molecule has 1 rings (SSSR count). The molecule has 102 valence electrons. The van der Waals surface area contributed by atoms with E-state index in [1.807, 2.05) is 13.8 Å². The van der Waals surface area contributed by atoms with Gasteiger partial charge < -0.3 is 4.18 Å². The summed E-state index contributed by atoms with van der Waals surface area (Å²) in [7, 11) is -3.70. The van der Waals surface area contributed by atoms with E-state index >= 15 is 0 Å². The summed E-state index contributed by atoms with van der Waals surface area (Å²) >= 11 is 17.4. The number of hydrogen-bond acceptors (Lipinski definition) is 3. The highest BCUT2D eigenvalue weighted by molar-refractivity contribution is 7.87. The van der Waals surface area contributed by atoms with Crippen LogP contribution in [0.5, 0.6) is 5.75 Å². The summed E-state index contributed by atoms with van der Waals surface area (Å²) in [5.74, 6) is 0.103. The Balaban J connectivity index is 2.91. The largest absolute Gasteiger partial charge is 0.379 e. The zero-order valence-corrected chi connectivity index (χ0v) is 13.0. The highest BCUT2D eigenvalue weighted by atomic mass is 35.5. The number of rotatable bonds is 5. The minimum absolute atomic E-state index is 0.0700. The lowest BCUT2D eigenvalue weighted by atomic mass is 10.2. The van der Waals surface area contributed by atoms with E-state index in [0.29, 0.717) is 11.4 Å². The maximum absolute atomic E-state index is 11.7. The van der Waals surface area contributed by atoms with Crippen LogP contribution < -0.4 is 4.18 Å². The van der Waals surface area contributed by atoms with Crippen LogP contribution in [0.15, 0.2) is 12.1 Å². The predicted molar refractivity (Wildman–Crippen MR) is 75.3 cm³/mol. The number of benzene rings is 1. The molecule has 0 atom stereocenters. The molecule has 0 saturated carbocycles. The first kappa shape index (κ1) is 15.9. The molecule has 0 amide bonds. The van der Waals surface area contributed by atoms with Gasteiger partial charge in [-0.2, -0.15) is 8.42 Å². The summed E-state index contributed by atoms with van der Waals surface area (Å²) in [5, 5.41) is 0.457. The van der Waals surface area contributed by atoms with Crippen LogP contribution in [0.2, 0.25) is 15.1 Å². The first-order valence-electron chi connectivity index (χ1n) is 5.28. The summed E-state index contributed by atoms with van der Waals surface area (Å²) in [5.41, 5.74) is 0. The second kappa shape index (κ2) is 6.33. The van der Waals surface area contributed by atoms with Crippen LogP contribution >= 0.6 is 34.8 Å². The second-order valence-electron chi connectivity index (χ2n) is 4.23. The van der Waals surface area contributed by atoms with Crippen molar-refractivity contribution < 1.29 is 12.6 Å². The Labute approximate surface area is 122 Å². The monoisotopic (exact) mass is 330 g/mol. The van der Waals surface area contributed by atoms with Crippen molar-refractivity contribution in [1.29, 1.82) is 0 Å². The van der Waals surface area contributed by atoms with E-state index in [-0.39, 0.29) is 27.5 Å². The summed E-state index contributed by atoms with van der Waals surface area (Å²) in [6.07, 6.45) is 0.505. The maximum Gasteiger partial charge on any atom is 0.309 e. The Morgan fingerprint density at radius 2 is 1.67 bits per heavy atom. The van der Waals surface area contributed by atoms with E-state index < -0.39 is 10.1 Å². The molecule has 0 radical (unpaired) electrons. The van der Waals surface area contributed by atoms with Gasteiger partial charge in [0.15, 0.2) is 5.75 Å². The fourth-order valence-corrected chi connectivity index (χ4v) is 3.42. The molecule has 0 fully saturated rings. The lowest BCUT2D eigenvalue weighted by Gasteiger charge is -2.11. The van der Waals surface area contributed by atoms with Crippen LogP contribution in [0.25, 0.3) is 0 Å². The molecule has 0 aliphatic carbocycles. The second-order valence-corrected chi connectivity index (χ2v) is 7.17. The van der Waals surface area contributed by atoms with Gasteiger partial charge in [-0.15, -0.1) is 0 Å². The van der Waals surface area contributed by atoms with Gasteiger partial charge in [0.2, 0.25) is 0 Å². The summed E-state index contributed by atoms with van der Waals surface area (Å²) < 4.78 is 28.4. The smallest absolute Gasteiger partial charge is 0.309 e. The van der Waals surface area contributed by atoms with Crippen LogP contribution in [0, 0.1) is 5.92 Å². The van der Waals surface area contributed by atoms with E-state index in [9.17, 15) is 8.42 Å². The molecular formula is C11H13Cl3O3S. The normalized spacial score (nSPS) is 11.9. The minimum Gasteiger partial charge on any atom is -0.379 e. The van der Waals surface area contributed by atoms with Crippen molar-refractivity contribution in [1.82, 2.24) is 0 Å². The molecule has 0 saturated heterocycles. The van der Waals surface area contributed by atoms with Gasteiger partial charge in [-0.1, -0.05) is 48.7 Å². The molecular weight excluding hydrogens is 319 g/mol. The van der Waals surface area contributed by atoms with Crippen molar-refractivity contribution in [2.24, 2.45) is 5.92 Å². The third-order valence-electron chi connectivity index (χ3n) is 2.12. The van der Waals surface area contributed by atoms with Gasteiger partial charge in [-0.25, -0.2) is 0 Å². The van der Waals surface area contributed by atoms with Gasteiger partial charge in [0, 0.05) is 5.02 Å². The van der Waals surface area contributed by atoms with Crippen molar-refractivity contribution >= 4 is 44.9 Å². The molecule has 0 bridgehead atoms. The Hall–Kier alpha value is -0.160. The van der Waals surface area contributed by atoms with Crippen molar-refractivity contribution in [3.8, 4) is 5.75 Å². The standard InChI is InChI=1S/C11H13Cl3O3S/c1-7(2)3-4-18(15,16)17-11-9(13)5-8(12)6-10(11)14/h5-7H,3-4H2,1-2H3. The Morgan fingerprint density at radius 1 is 1.17 bits per heavy atom. The quantitative estimate of drug-likeness (QED) is 0.751. The summed E-state index contributed by atoms with van der Waals surface area (Å²) in [6.45, 7) is 3.86. The predicted octanol–water partition coefficient (Wildman–Crippen LogP) is 4.40. The molecule has 1 aromatic carbocycles. The molecule has 0 spiro atoms. The van der Waals surface area contributed by atoms with Gasteiger partial charge in [0.1, 0.15) is 0 Å². The Kier molecular flexibility index (Phi) is 5.59. The molecule has 0 N–H and O–H groups in total. The van der Waals surface area contributed by atoms with E-state index in [1.54, 1.807) is 0 Å². The molecule has 0 heterocycles. The third-order valence-corrected chi connectivity index (χ3v) is 4.05. The van der Waals surface area contributed by atoms with Crippen molar-refractivity contribution in [3.63, 3.8) is 0 Å². The highest BCUT2D eigenvalue weighted by Gasteiger charge is 2.18. The van der Waals surface area contributed by atoms with Crippen molar-refractivity contribution in [2.45, 2.75) is 20.3 Å². The SMILES string of the molecule is CC(C)CCS(=O)(=O)Oc1c(Cl)cc(Cl)cc1Cl. The Morgan fingerprint density at radius 3 is 2.11 bits per heavy atom. The van der Waals surface area contributed by atoms with E-state index in [2.05, 4.69) is 0 Å². The average molecular weight is 332 g/mol. The summed E-state index contributed by atoms with van der Waals surface area (Å²) in [6, 6.07) is 2.75. The van der Waals surface area contributed by atoms with Crippen LogP contribution in [-0.4, -0.2) is 14.2 Å². The van der Waals surface area contributed by atoms with Crippen LogP contribution in [0.4, 0.5) is 0 Å². The zero-order chi connectivity index (χ0) is 13.9. The first-order chi connectivity index (χ1) is 8.21. The lowest BCUT2D eigenvalue weighted by Crippen LogP contribution is -2.15. The molecule has 1 aromatic rings. The topological polar surface area (TPSA) is 43.4 Å². The third kappa shape index (κ3) is 4.84. The fourth-order valence-electron chi connectivity index (χ4n) is 1.16. The molecule has 0 aliphatic rings. The average Bonchev–Trinajstić information content (AvgIpc) is 2.21. The fraction of sp³-hybridized carbons (Fsp3) is 0.455. The molecule has 3 nitrogen and oxygen atoms in total. The van der Waals surface area contributed by atoms with Gasteiger partial charge >= 0.3 is 10.1 Å². The van der Waals surface area contributed by atoms with Crippen LogP contribution in [-0.2, 0) is 10.1 Å². The first-order valence-corrected chi connectivity index (χ1v) is 7.99. The van der Waals surface area contributed by atoms with Gasteiger partial charge in [0.25, 0.3) is 0 Å². The molecule has 18 heavy (non-hydrogen) atoms. The van der Waals surface area contributed by atoms with Gasteiger partial charge in [0.05, 0.1) is 15.8 Å². The van der Waals surface area contributed by atoms with Gasteiger partial charge in [-0.3, -0.25) is 0 Å². The van der Waals surface area contributed by atoms with E-state index in [1.165, 1.54) is 12.1 Å². The zero-order valence-electron chi connectivity index (χ0n) is 9.91. The van der Waals surface area contributed by atoms with E-state index in [0.717, 1.165) is 0 Å².